The largest absolute Gasteiger partial charge is 0.497 e. The molecule has 2 aliphatic heterocycles. The number of methoxy groups -OCH3 is 2. The molecule has 3 amide bonds. The standard InChI is InChI=1S/C31H33B2N3O11/c1-16(34-29(39)17-4-6-19-14-46-32(42)24(19)10-17)28(36-30(40)18-5-7-20-15-47-33(43)25(20)11-18)31(41)35-26(13-27(37)38)21-8-22(44-2)12-23(9-21)45-3/h4-12,16,26,28,42-43H,13-15H2,1-3H3,(H,34,39)(H,35,41)(H,36,40)(H,37,38)/t16-,26?,28-/m0/s1. The van der Waals surface area contributed by atoms with Gasteiger partial charge < -0.3 is 49.9 Å². The molecule has 47 heavy (non-hydrogen) atoms. The number of rotatable bonds is 12. The quantitative estimate of drug-likeness (QED) is 0.137. The van der Waals surface area contributed by atoms with Crippen LogP contribution in [0.4, 0.5) is 0 Å². The van der Waals surface area contributed by atoms with Crippen LogP contribution in [0, 0.1) is 0 Å². The highest BCUT2D eigenvalue weighted by atomic mass is 16.5. The minimum Gasteiger partial charge on any atom is -0.497 e. The van der Waals surface area contributed by atoms with E-state index in [9.17, 15) is 34.3 Å². The summed E-state index contributed by atoms with van der Waals surface area (Å²) < 4.78 is 21.0. The van der Waals surface area contributed by atoms with Gasteiger partial charge in [-0.3, -0.25) is 19.2 Å². The van der Waals surface area contributed by atoms with Crippen molar-refractivity contribution in [2.24, 2.45) is 0 Å². The molecular weight excluding hydrogens is 612 g/mol. The Morgan fingerprint density at radius 2 is 1.30 bits per heavy atom. The Hall–Kier alpha value is -4.89. The summed E-state index contributed by atoms with van der Waals surface area (Å²) in [6, 6.07) is 10.5. The van der Waals surface area contributed by atoms with Crippen molar-refractivity contribution >= 4 is 48.9 Å². The summed E-state index contributed by atoms with van der Waals surface area (Å²) in [7, 11) is 0.476. The molecule has 3 atom stereocenters. The maximum Gasteiger partial charge on any atom is 0.491 e. The Bertz CT molecular complexity index is 1680. The van der Waals surface area contributed by atoms with Gasteiger partial charge in [-0.15, -0.1) is 0 Å². The number of fused-ring (bicyclic) bond motifs is 2. The second-order valence-electron chi connectivity index (χ2n) is 11.2. The first kappa shape index (κ1) is 33.5. The van der Waals surface area contributed by atoms with Crippen LogP contribution in [0.15, 0.2) is 54.6 Å². The van der Waals surface area contributed by atoms with Crippen LogP contribution in [0.3, 0.4) is 0 Å². The maximum absolute atomic E-state index is 13.9. The fourth-order valence-corrected chi connectivity index (χ4v) is 5.45. The van der Waals surface area contributed by atoms with Crippen molar-refractivity contribution in [3.05, 3.63) is 82.4 Å². The molecule has 0 radical (unpaired) electrons. The third-order valence-electron chi connectivity index (χ3n) is 8.04. The fraction of sp³-hybridized carbons (Fsp3) is 0.290. The topological polar surface area (TPSA) is 202 Å². The summed E-state index contributed by atoms with van der Waals surface area (Å²) in [5, 5.41) is 38.0. The highest BCUT2D eigenvalue weighted by Crippen LogP contribution is 2.28. The number of carbonyl (C=O) groups is 4. The molecule has 0 spiro atoms. The predicted molar refractivity (Wildman–Crippen MR) is 169 cm³/mol. The smallest absolute Gasteiger partial charge is 0.491 e. The number of ether oxygens (including phenoxy) is 2. The highest BCUT2D eigenvalue weighted by molar-refractivity contribution is 6.62. The molecule has 0 saturated heterocycles. The number of carboxylic acids is 1. The van der Waals surface area contributed by atoms with Gasteiger partial charge in [0.05, 0.1) is 45.9 Å². The second-order valence-corrected chi connectivity index (χ2v) is 11.2. The summed E-state index contributed by atoms with van der Waals surface area (Å²) in [6.07, 6.45) is -0.522. The van der Waals surface area contributed by atoms with Gasteiger partial charge in [-0.25, -0.2) is 0 Å². The lowest BCUT2D eigenvalue weighted by atomic mass is 9.78. The van der Waals surface area contributed by atoms with Crippen LogP contribution in [0.2, 0.25) is 0 Å². The maximum atomic E-state index is 13.9. The Morgan fingerprint density at radius 3 is 1.79 bits per heavy atom. The number of hydrogen-bond donors (Lipinski definition) is 6. The molecule has 5 rings (SSSR count). The normalized spacial score (nSPS) is 15.2. The number of hydrogen-bond acceptors (Lipinski definition) is 10. The van der Waals surface area contributed by atoms with Gasteiger partial charge in [0.2, 0.25) is 5.91 Å². The summed E-state index contributed by atoms with van der Waals surface area (Å²) >= 11 is 0. The van der Waals surface area contributed by atoms with Crippen molar-refractivity contribution in [3.8, 4) is 11.5 Å². The third-order valence-corrected chi connectivity index (χ3v) is 8.04. The van der Waals surface area contributed by atoms with Crippen molar-refractivity contribution in [3.63, 3.8) is 0 Å². The lowest BCUT2D eigenvalue weighted by Crippen LogP contribution is -2.58. The molecular formula is C31H33B2N3O11. The fourth-order valence-electron chi connectivity index (χ4n) is 5.45. The first-order valence-electron chi connectivity index (χ1n) is 14.7. The molecule has 0 aromatic heterocycles. The molecule has 3 aromatic rings. The first-order valence-corrected chi connectivity index (χ1v) is 14.7. The zero-order chi connectivity index (χ0) is 33.8. The molecule has 14 nitrogen and oxygen atoms in total. The minimum atomic E-state index is -1.41. The van der Waals surface area contributed by atoms with Crippen LogP contribution in [0.25, 0.3) is 0 Å². The van der Waals surface area contributed by atoms with E-state index in [1.807, 2.05) is 0 Å². The van der Waals surface area contributed by atoms with Gasteiger partial charge in [0.1, 0.15) is 17.5 Å². The van der Waals surface area contributed by atoms with E-state index in [-0.39, 0.29) is 24.3 Å². The lowest BCUT2D eigenvalue weighted by molar-refractivity contribution is -0.137. The molecule has 6 N–H and O–H groups in total. The zero-order valence-corrected chi connectivity index (χ0v) is 25.8. The van der Waals surface area contributed by atoms with Crippen LogP contribution in [-0.4, -0.2) is 79.4 Å². The van der Waals surface area contributed by atoms with Gasteiger partial charge in [-0.2, -0.15) is 0 Å². The molecule has 0 fully saturated rings. The molecule has 0 aliphatic carbocycles. The molecule has 2 aliphatic rings. The van der Waals surface area contributed by atoms with Crippen molar-refractivity contribution in [2.75, 3.05) is 14.2 Å². The van der Waals surface area contributed by atoms with E-state index in [4.69, 9.17) is 18.8 Å². The van der Waals surface area contributed by atoms with Gasteiger partial charge in [0.25, 0.3) is 11.8 Å². The average molecular weight is 645 g/mol. The molecule has 1 unspecified atom stereocenters. The van der Waals surface area contributed by atoms with Crippen LogP contribution < -0.4 is 36.3 Å². The SMILES string of the molecule is COc1cc(OC)cc(C(CC(=O)O)NC(=O)[C@@H](NC(=O)c2ccc3c(c2)B(O)OC3)[C@H](C)NC(=O)c2ccc3c(c2)B(O)OC3)c1. The second kappa shape index (κ2) is 14.3. The van der Waals surface area contributed by atoms with Crippen molar-refractivity contribution in [1.82, 2.24) is 16.0 Å². The van der Waals surface area contributed by atoms with Crippen molar-refractivity contribution in [2.45, 2.75) is 44.7 Å². The van der Waals surface area contributed by atoms with Gasteiger partial charge in [0.15, 0.2) is 0 Å². The molecule has 0 bridgehead atoms. The van der Waals surface area contributed by atoms with Gasteiger partial charge in [-0.1, -0.05) is 12.1 Å². The lowest BCUT2D eigenvalue weighted by Gasteiger charge is -2.28. The highest BCUT2D eigenvalue weighted by Gasteiger charge is 2.34. The molecule has 16 heteroatoms. The summed E-state index contributed by atoms with van der Waals surface area (Å²) in [4.78, 5) is 52.6. The first-order chi connectivity index (χ1) is 22.5. The molecule has 2 heterocycles. The van der Waals surface area contributed by atoms with E-state index < -0.39 is 62.5 Å². The predicted octanol–water partition coefficient (Wildman–Crippen LogP) is -0.612. The number of carboxylic acid groups (broad SMARTS) is 1. The van der Waals surface area contributed by atoms with Gasteiger partial charge in [0, 0.05) is 17.2 Å². The van der Waals surface area contributed by atoms with E-state index in [1.54, 1.807) is 36.4 Å². The van der Waals surface area contributed by atoms with Crippen LogP contribution in [-0.2, 0) is 32.1 Å². The number of nitrogens with one attached hydrogen (secondary N) is 3. The van der Waals surface area contributed by atoms with E-state index in [1.165, 1.54) is 39.3 Å². The molecule has 244 valence electrons. The molecule has 0 saturated carbocycles. The Balaban J connectivity index is 1.43. The Morgan fingerprint density at radius 1 is 0.787 bits per heavy atom. The van der Waals surface area contributed by atoms with Crippen LogP contribution in [0.1, 0.15) is 56.8 Å². The third kappa shape index (κ3) is 7.58. The monoisotopic (exact) mass is 645 g/mol. The van der Waals surface area contributed by atoms with E-state index in [0.717, 1.165) is 5.56 Å². The Labute approximate surface area is 270 Å². The van der Waals surface area contributed by atoms with Crippen molar-refractivity contribution < 1.29 is 53.1 Å². The summed E-state index contributed by atoms with van der Waals surface area (Å²) in [6.45, 7) is 1.89. The van der Waals surface area contributed by atoms with E-state index in [0.29, 0.717) is 33.6 Å². The van der Waals surface area contributed by atoms with Gasteiger partial charge in [-0.05, 0) is 70.9 Å². The Kier molecular flexibility index (Phi) is 10.2. The number of amides is 3. The summed E-state index contributed by atoms with van der Waals surface area (Å²) in [5.41, 5.74) is 2.97. The number of aliphatic carboxylic acids is 1. The number of benzene rings is 3. The molecule has 3 aromatic carbocycles. The number of carbonyl (C=O) groups excluding carboxylic acids is 3. The van der Waals surface area contributed by atoms with Gasteiger partial charge >= 0.3 is 20.2 Å². The van der Waals surface area contributed by atoms with Crippen molar-refractivity contribution in [1.29, 1.82) is 0 Å². The van der Waals surface area contributed by atoms with Crippen LogP contribution >= 0.6 is 0 Å². The minimum absolute atomic E-state index is 0.122. The van der Waals surface area contributed by atoms with E-state index >= 15 is 0 Å². The van der Waals surface area contributed by atoms with E-state index in [2.05, 4.69) is 16.0 Å². The van der Waals surface area contributed by atoms with Crippen LogP contribution in [0.5, 0.6) is 11.5 Å². The zero-order valence-electron chi connectivity index (χ0n) is 25.8. The summed E-state index contributed by atoms with van der Waals surface area (Å²) in [5.74, 6) is -2.56. The average Bonchev–Trinajstić information content (AvgIpc) is 3.63.